The summed E-state index contributed by atoms with van der Waals surface area (Å²) in [5, 5.41) is 30.1. The largest absolute Gasteiger partial charge is 0.507 e. The topological polar surface area (TPSA) is 40.5 Å². The van der Waals surface area contributed by atoms with Crippen molar-refractivity contribution >= 4 is 52.6 Å². The van der Waals surface area contributed by atoms with Crippen molar-refractivity contribution in [2.75, 3.05) is 0 Å². The zero-order chi connectivity index (χ0) is 22.3. The zero-order valence-corrected chi connectivity index (χ0v) is 20.1. The van der Waals surface area contributed by atoms with Crippen LogP contribution in [0.1, 0.15) is 0 Å². The fraction of sp³-hybridized carbons (Fsp3) is 0.0714. The third-order valence-corrected chi connectivity index (χ3v) is 16.4. The van der Waals surface area contributed by atoms with Gasteiger partial charge in [0, 0.05) is 10.6 Å². The molecule has 0 spiro atoms. The van der Waals surface area contributed by atoms with Gasteiger partial charge in [0.25, 0.3) is 0 Å². The molecule has 5 aromatic rings. The number of aromatic hydroxyl groups is 2. The minimum atomic E-state index is -2.24. The highest BCUT2D eigenvalue weighted by atomic mass is 31.4. The van der Waals surface area contributed by atoms with E-state index in [-0.39, 0.29) is 0 Å². The first kappa shape index (κ1) is 20.8. The van der Waals surface area contributed by atoms with Crippen molar-refractivity contribution in [2.24, 2.45) is 0 Å². The lowest BCUT2D eigenvalue weighted by atomic mass is 10.1. The number of hydrogen-bond donors (Lipinski definition) is 2. The highest BCUT2D eigenvalue weighted by molar-refractivity contribution is 8.07. The molecule has 4 heteroatoms. The van der Waals surface area contributed by atoms with E-state index in [1.54, 1.807) is 0 Å². The van der Waals surface area contributed by atoms with Crippen LogP contribution >= 0.6 is 7.47 Å². The zero-order valence-electron chi connectivity index (χ0n) is 18.2. The van der Waals surface area contributed by atoms with Crippen molar-refractivity contribution in [3.63, 3.8) is 0 Å². The van der Waals surface area contributed by atoms with Gasteiger partial charge in [-0.25, -0.2) is 0 Å². The molecule has 0 heterocycles. The lowest BCUT2D eigenvalue weighted by Gasteiger charge is -2.36. The maximum absolute atomic E-state index is 11.3. The Kier molecular flexibility index (Phi) is 5.25. The van der Waals surface area contributed by atoms with Gasteiger partial charge >= 0.3 is 0 Å². The smallest absolute Gasteiger partial charge is 0.123 e. The second-order valence-electron chi connectivity index (χ2n) is 8.57. The molecule has 2 N–H and O–H groups in total. The van der Waals surface area contributed by atoms with Crippen LogP contribution in [0.5, 0.6) is 11.5 Å². The minimum absolute atomic E-state index is 0.304. The van der Waals surface area contributed by atoms with Crippen LogP contribution in [0.25, 0.3) is 21.5 Å². The third-order valence-electron chi connectivity index (χ3n) is 6.25. The Morgan fingerprint density at radius 3 is 1.47 bits per heavy atom. The molecule has 0 unspecified atom stereocenters. The molecular weight excluding hydrogens is 427 g/mol. The van der Waals surface area contributed by atoms with E-state index in [2.05, 4.69) is 61.6 Å². The number of rotatable bonds is 4. The summed E-state index contributed by atoms with van der Waals surface area (Å²) in [6.45, 7) is 4.72. The molecule has 0 aliphatic carbocycles. The molecule has 0 amide bonds. The molecule has 2 nitrogen and oxygen atoms in total. The van der Waals surface area contributed by atoms with Gasteiger partial charge in [0.1, 0.15) is 19.2 Å². The summed E-state index contributed by atoms with van der Waals surface area (Å²) in [7, 11) is -3.32. The van der Waals surface area contributed by atoms with Gasteiger partial charge < -0.3 is 10.2 Å². The van der Waals surface area contributed by atoms with Crippen LogP contribution in [0.15, 0.2) is 103 Å². The van der Waals surface area contributed by atoms with Crippen molar-refractivity contribution in [1.29, 1.82) is 0 Å². The number of phenolic OH excluding ortho intramolecular Hbond substituents is 2. The van der Waals surface area contributed by atoms with E-state index in [1.165, 1.54) is 5.19 Å². The van der Waals surface area contributed by atoms with E-state index in [1.807, 2.05) is 54.6 Å². The Morgan fingerprint density at radius 2 is 0.969 bits per heavy atom. The quantitative estimate of drug-likeness (QED) is 0.261. The number of benzene rings is 5. The molecule has 5 aromatic carbocycles. The lowest BCUT2D eigenvalue weighted by molar-refractivity contribution is 0.480. The molecule has 0 fully saturated rings. The third kappa shape index (κ3) is 3.39. The van der Waals surface area contributed by atoms with Crippen molar-refractivity contribution in [3.05, 3.63) is 103 Å². The maximum Gasteiger partial charge on any atom is 0.123 e. The summed E-state index contributed by atoms with van der Waals surface area (Å²) in [6, 6.07) is 34.7. The van der Waals surface area contributed by atoms with Crippen LogP contribution in [0.4, 0.5) is 0 Å². The Bertz CT molecular complexity index is 1340. The summed E-state index contributed by atoms with van der Waals surface area (Å²) < 4.78 is 0. The standard InChI is InChI=1S/C28H25O2PSi/c1-32(2,22-12-4-3-5-13-22)31(27-23-14-8-6-10-20(23)16-18-25(27)29)28-24-15-9-7-11-21(24)17-19-26(28)30/h3-19,29-30H,1-2H3. The molecule has 0 atom stereocenters. The van der Waals surface area contributed by atoms with E-state index in [4.69, 9.17) is 0 Å². The highest BCUT2D eigenvalue weighted by Gasteiger charge is 2.40. The summed E-state index contributed by atoms with van der Waals surface area (Å²) in [6.07, 6.45) is 0. The van der Waals surface area contributed by atoms with Crippen molar-refractivity contribution < 1.29 is 10.2 Å². The van der Waals surface area contributed by atoms with Gasteiger partial charge in [0.05, 0.1) is 0 Å². The molecule has 0 aromatic heterocycles. The molecule has 0 radical (unpaired) electrons. The van der Waals surface area contributed by atoms with Crippen LogP contribution < -0.4 is 15.8 Å². The molecule has 0 aliphatic heterocycles. The van der Waals surface area contributed by atoms with Crippen LogP contribution in [-0.2, 0) is 0 Å². The summed E-state index contributed by atoms with van der Waals surface area (Å²) in [5.74, 6) is 0.609. The average Bonchev–Trinajstić information content (AvgIpc) is 2.82. The Labute approximate surface area is 190 Å². The number of hydrogen-bond acceptors (Lipinski definition) is 2. The molecule has 0 saturated heterocycles. The molecule has 158 valence electrons. The van der Waals surface area contributed by atoms with Gasteiger partial charge in [0.2, 0.25) is 0 Å². The summed E-state index contributed by atoms with van der Waals surface area (Å²) in [4.78, 5) is 0. The molecule has 5 rings (SSSR count). The monoisotopic (exact) mass is 452 g/mol. The van der Waals surface area contributed by atoms with Gasteiger partial charge in [0.15, 0.2) is 0 Å². The number of fused-ring (bicyclic) bond motifs is 2. The molecule has 0 bridgehead atoms. The lowest BCUT2D eigenvalue weighted by Crippen LogP contribution is -2.45. The molecule has 32 heavy (non-hydrogen) atoms. The van der Waals surface area contributed by atoms with Gasteiger partial charge in [-0.2, -0.15) is 0 Å². The summed E-state index contributed by atoms with van der Waals surface area (Å²) >= 11 is 0. The van der Waals surface area contributed by atoms with Crippen LogP contribution in [0, 0.1) is 0 Å². The van der Waals surface area contributed by atoms with E-state index in [0.29, 0.717) is 11.5 Å². The number of phenols is 2. The van der Waals surface area contributed by atoms with Gasteiger partial charge in [-0.3, -0.25) is 0 Å². The first-order valence-corrected chi connectivity index (χ1v) is 15.9. The van der Waals surface area contributed by atoms with E-state index < -0.39 is 15.2 Å². The van der Waals surface area contributed by atoms with Crippen molar-refractivity contribution in [1.82, 2.24) is 0 Å². The SMILES string of the molecule is C[Si](C)(c1ccccc1)P(c1c(O)ccc2ccccc12)c1c(O)ccc2ccccc12. The van der Waals surface area contributed by atoms with Gasteiger partial charge in [-0.1, -0.05) is 109 Å². The van der Waals surface area contributed by atoms with Crippen molar-refractivity contribution in [3.8, 4) is 11.5 Å². The Morgan fingerprint density at radius 1 is 0.531 bits per heavy atom. The Hall–Kier alpha value is -3.13. The predicted molar refractivity (Wildman–Crippen MR) is 141 cm³/mol. The first-order chi connectivity index (χ1) is 15.5. The minimum Gasteiger partial charge on any atom is -0.507 e. The van der Waals surface area contributed by atoms with E-state index in [0.717, 1.165) is 32.2 Å². The Balaban J connectivity index is 1.92. The van der Waals surface area contributed by atoms with Crippen LogP contribution in [0.3, 0.4) is 0 Å². The van der Waals surface area contributed by atoms with E-state index in [9.17, 15) is 10.2 Å². The van der Waals surface area contributed by atoms with Gasteiger partial charge in [-0.15, -0.1) is 0 Å². The first-order valence-electron chi connectivity index (χ1n) is 10.8. The van der Waals surface area contributed by atoms with Crippen LogP contribution in [0.2, 0.25) is 13.1 Å². The molecular formula is C28H25O2PSi. The fourth-order valence-corrected chi connectivity index (χ4v) is 14.7. The maximum atomic E-state index is 11.3. The normalized spacial score (nSPS) is 12.0. The average molecular weight is 453 g/mol. The molecule has 0 aliphatic rings. The van der Waals surface area contributed by atoms with Gasteiger partial charge in [-0.05, 0) is 41.1 Å². The molecule has 0 saturated carbocycles. The van der Waals surface area contributed by atoms with E-state index >= 15 is 0 Å². The predicted octanol–water partition coefficient (Wildman–Crippen LogP) is 5.95. The summed E-state index contributed by atoms with van der Waals surface area (Å²) in [5.41, 5.74) is 0. The second kappa shape index (κ2) is 8.09. The fourth-order valence-electron chi connectivity index (χ4n) is 4.60. The highest BCUT2D eigenvalue weighted by Crippen LogP contribution is 2.51. The van der Waals surface area contributed by atoms with Crippen LogP contribution in [-0.4, -0.2) is 18.0 Å². The van der Waals surface area contributed by atoms with Crippen molar-refractivity contribution in [2.45, 2.75) is 13.1 Å². The second-order valence-corrected chi connectivity index (χ2v) is 18.5.